The molecule has 0 spiro atoms. The number of carboxylic acids is 1. The summed E-state index contributed by atoms with van der Waals surface area (Å²) in [6.45, 7) is 7.94. The fraction of sp³-hybridized carbons (Fsp3) is 0.407. The van der Waals surface area contributed by atoms with Gasteiger partial charge in [-0.1, -0.05) is 23.7 Å². The minimum atomic E-state index is -1.07. The van der Waals surface area contributed by atoms with Crippen molar-refractivity contribution in [3.8, 4) is 0 Å². The SMILES string of the molecule is CC(=O)c1cc(C[C@@]2(C(=O)O)CCN(Cc3cccc(Cl)c3F)[C@H](C)C2)nc(Nc2cc(C)[nH]n2)c1C. The average molecular weight is 528 g/mol. The number of nitrogens with one attached hydrogen (secondary N) is 2. The number of likely N-dealkylation sites (tertiary alicyclic amines) is 1. The summed E-state index contributed by atoms with van der Waals surface area (Å²) in [5, 5.41) is 20.6. The van der Waals surface area contributed by atoms with E-state index in [0.717, 1.165) is 5.69 Å². The van der Waals surface area contributed by atoms with Crippen LogP contribution in [-0.4, -0.2) is 49.5 Å². The molecule has 1 saturated heterocycles. The van der Waals surface area contributed by atoms with E-state index >= 15 is 0 Å². The second-order valence-corrected chi connectivity index (χ2v) is 10.4. The van der Waals surface area contributed by atoms with Crippen LogP contribution in [0.15, 0.2) is 30.3 Å². The molecular weight excluding hydrogens is 497 g/mol. The summed E-state index contributed by atoms with van der Waals surface area (Å²) in [6, 6.07) is 8.31. The molecule has 0 amide bonds. The Hall–Kier alpha value is -3.30. The zero-order chi connectivity index (χ0) is 26.9. The van der Waals surface area contributed by atoms with Gasteiger partial charge in [-0.2, -0.15) is 5.10 Å². The number of hydrogen-bond acceptors (Lipinski definition) is 6. The molecule has 1 aliphatic heterocycles. The van der Waals surface area contributed by atoms with E-state index in [0.29, 0.717) is 60.0 Å². The van der Waals surface area contributed by atoms with Crippen molar-refractivity contribution in [2.45, 2.75) is 59.5 Å². The Morgan fingerprint density at radius 2 is 2.08 bits per heavy atom. The summed E-state index contributed by atoms with van der Waals surface area (Å²) >= 11 is 5.94. The van der Waals surface area contributed by atoms with Crippen molar-refractivity contribution in [3.05, 3.63) is 69.2 Å². The number of Topliss-reactive ketones (excluding diaryl/α,β-unsaturated/α-hetero) is 1. The fourth-order valence-corrected chi connectivity index (χ4v) is 5.31. The van der Waals surface area contributed by atoms with Gasteiger partial charge in [0.25, 0.3) is 0 Å². The Kier molecular flexibility index (Phi) is 7.66. The normalized spacial score (nSPS) is 20.1. The van der Waals surface area contributed by atoms with E-state index in [1.165, 1.54) is 13.0 Å². The summed E-state index contributed by atoms with van der Waals surface area (Å²) < 4.78 is 14.5. The zero-order valence-corrected chi connectivity index (χ0v) is 22.1. The number of hydrogen-bond donors (Lipinski definition) is 3. The van der Waals surface area contributed by atoms with E-state index in [4.69, 9.17) is 16.6 Å². The fourth-order valence-electron chi connectivity index (χ4n) is 5.12. The number of nitrogens with zero attached hydrogens (tertiary/aromatic N) is 3. The number of carbonyl (C=O) groups is 2. The molecule has 0 aliphatic carbocycles. The van der Waals surface area contributed by atoms with E-state index in [1.807, 2.05) is 19.9 Å². The van der Waals surface area contributed by atoms with Gasteiger partial charge >= 0.3 is 5.97 Å². The topological polar surface area (TPSA) is 111 Å². The van der Waals surface area contributed by atoms with Gasteiger partial charge in [0.2, 0.25) is 0 Å². The smallest absolute Gasteiger partial charge is 0.310 e. The van der Waals surface area contributed by atoms with Gasteiger partial charge < -0.3 is 10.4 Å². The van der Waals surface area contributed by atoms with E-state index in [1.54, 1.807) is 25.1 Å². The molecule has 3 aromatic rings. The van der Waals surface area contributed by atoms with Crippen molar-refractivity contribution < 1.29 is 19.1 Å². The molecular formula is C27H31ClFN5O3. The van der Waals surface area contributed by atoms with Crippen LogP contribution in [0.4, 0.5) is 16.0 Å². The first-order valence-electron chi connectivity index (χ1n) is 12.2. The van der Waals surface area contributed by atoms with Crippen molar-refractivity contribution in [2.75, 3.05) is 11.9 Å². The van der Waals surface area contributed by atoms with Gasteiger partial charge in [-0.25, -0.2) is 9.37 Å². The van der Waals surface area contributed by atoms with Crippen molar-refractivity contribution in [1.82, 2.24) is 20.1 Å². The molecule has 0 unspecified atom stereocenters. The number of halogens is 2. The number of aryl methyl sites for hydroxylation is 1. The van der Waals surface area contributed by atoms with Gasteiger partial charge in [-0.05, 0) is 59.2 Å². The highest BCUT2D eigenvalue weighted by Gasteiger charge is 2.45. The van der Waals surface area contributed by atoms with Crippen LogP contribution >= 0.6 is 11.6 Å². The third-order valence-corrected chi connectivity index (χ3v) is 7.51. The third kappa shape index (κ3) is 5.67. The molecule has 3 heterocycles. The molecule has 2 atom stereocenters. The maximum atomic E-state index is 14.5. The summed E-state index contributed by atoms with van der Waals surface area (Å²) in [7, 11) is 0. The molecule has 10 heteroatoms. The predicted octanol–water partition coefficient (Wildman–Crippen LogP) is 5.46. The maximum absolute atomic E-state index is 14.5. The first-order chi connectivity index (χ1) is 17.5. The number of aromatic amines is 1. The number of pyridine rings is 1. The molecule has 1 aromatic carbocycles. The molecule has 0 saturated carbocycles. The highest BCUT2D eigenvalue weighted by Crippen LogP contribution is 2.40. The van der Waals surface area contributed by atoms with Crippen molar-refractivity contribution >= 4 is 35.0 Å². The Morgan fingerprint density at radius 3 is 2.70 bits per heavy atom. The van der Waals surface area contributed by atoms with Crippen LogP contribution in [0.5, 0.6) is 0 Å². The maximum Gasteiger partial charge on any atom is 0.310 e. The summed E-state index contributed by atoms with van der Waals surface area (Å²) in [6.07, 6.45) is 0.888. The number of aromatic nitrogens is 3. The third-order valence-electron chi connectivity index (χ3n) is 7.22. The van der Waals surface area contributed by atoms with Crippen LogP contribution in [-0.2, 0) is 17.8 Å². The second kappa shape index (κ2) is 10.6. The lowest BCUT2D eigenvalue weighted by atomic mass is 9.72. The molecule has 37 heavy (non-hydrogen) atoms. The van der Waals surface area contributed by atoms with Crippen LogP contribution in [0.25, 0.3) is 0 Å². The first kappa shape index (κ1) is 26.8. The molecule has 8 nitrogen and oxygen atoms in total. The number of piperidine rings is 1. The molecule has 1 fully saturated rings. The van der Waals surface area contributed by atoms with Crippen molar-refractivity contribution in [3.63, 3.8) is 0 Å². The number of ketones is 1. The number of benzene rings is 1. The largest absolute Gasteiger partial charge is 0.481 e. The quantitative estimate of drug-likeness (QED) is 0.333. The number of carbonyl (C=O) groups excluding carboxylic acids is 1. The van der Waals surface area contributed by atoms with Crippen LogP contribution in [0, 0.1) is 25.1 Å². The van der Waals surface area contributed by atoms with Crippen molar-refractivity contribution in [2.24, 2.45) is 5.41 Å². The van der Waals surface area contributed by atoms with Gasteiger partial charge in [0.05, 0.1) is 10.4 Å². The Morgan fingerprint density at radius 1 is 1.32 bits per heavy atom. The number of rotatable bonds is 8. The standard InChI is InChI=1S/C27H31ClFN5O3/c1-15-10-23(33-32-15)31-25-17(3)21(18(4)35)11-20(30-25)13-27(26(36)37)8-9-34(16(2)12-27)14-19-6-5-7-22(28)24(19)29/h5-7,10-11,16H,8-9,12-14H2,1-4H3,(H,36,37)(H2,30,31,32,33)/t16-,27-/m1/s1. The molecule has 3 N–H and O–H groups in total. The van der Waals surface area contributed by atoms with Gasteiger partial charge in [0, 0.05) is 53.2 Å². The van der Waals surface area contributed by atoms with Gasteiger partial charge in [-0.3, -0.25) is 19.6 Å². The summed E-state index contributed by atoms with van der Waals surface area (Å²) in [5.41, 5.74) is 1.97. The van der Waals surface area contributed by atoms with Crippen LogP contribution in [0.2, 0.25) is 5.02 Å². The predicted molar refractivity (Wildman–Crippen MR) is 140 cm³/mol. The Bertz CT molecular complexity index is 1340. The Balaban J connectivity index is 1.60. The van der Waals surface area contributed by atoms with Gasteiger partial charge in [0.15, 0.2) is 11.6 Å². The van der Waals surface area contributed by atoms with E-state index < -0.39 is 17.2 Å². The summed E-state index contributed by atoms with van der Waals surface area (Å²) in [4.78, 5) is 31.8. The van der Waals surface area contributed by atoms with E-state index in [9.17, 15) is 19.1 Å². The van der Waals surface area contributed by atoms with Crippen LogP contribution in [0.3, 0.4) is 0 Å². The number of H-pyrrole nitrogens is 1. The number of anilines is 2. The summed E-state index contributed by atoms with van der Waals surface area (Å²) in [5.74, 6) is -0.450. The monoisotopic (exact) mass is 527 g/mol. The molecule has 196 valence electrons. The first-order valence-corrected chi connectivity index (χ1v) is 12.6. The highest BCUT2D eigenvalue weighted by atomic mass is 35.5. The Labute approximate surface area is 220 Å². The van der Waals surface area contributed by atoms with Crippen molar-refractivity contribution in [1.29, 1.82) is 0 Å². The molecule has 2 aromatic heterocycles. The van der Waals surface area contributed by atoms with Crippen LogP contribution in [0.1, 0.15) is 59.6 Å². The molecule has 0 radical (unpaired) electrons. The van der Waals surface area contributed by atoms with Gasteiger partial charge in [0.1, 0.15) is 11.6 Å². The number of carboxylic acid groups (broad SMARTS) is 1. The minimum absolute atomic E-state index is 0.0724. The van der Waals surface area contributed by atoms with E-state index in [2.05, 4.69) is 20.4 Å². The lowest BCUT2D eigenvalue weighted by Gasteiger charge is -2.43. The second-order valence-electron chi connectivity index (χ2n) is 10.0. The highest BCUT2D eigenvalue weighted by molar-refractivity contribution is 6.30. The average Bonchev–Trinajstić information content (AvgIpc) is 3.24. The molecule has 1 aliphatic rings. The van der Waals surface area contributed by atoms with Gasteiger partial charge in [-0.15, -0.1) is 0 Å². The lowest BCUT2D eigenvalue weighted by molar-refractivity contribution is -0.153. The van der Waals surface area contributed by atoms with E-state index in [-0.39, 0.29) is 23.3 Å². The van der Waals surface area contributed by atoms with Crippen LogP contribution < -0.4 is 5.32 Å². The molecule has 0 bridgehead atoms. The number of aliphatic carboxylic acids is 1. The molecule has 4 rings (SSSR count). The lowest BCUT2D eigenvalue weighted by Crippen LogP contribution is -2.49. The minimum Gasteiger partial charge on any atom is -0.481 e. The zero-order valence-electron chi connectivity index (χ0n) is 21.4.